The molecular formula is C19H22N2O. The summed E-state index contributed by atoms with van der Waals surface area (Å²) in [4.78, 5) is 6.72. The van der Waals surface area contributed by atoms with Gasteiger partial charge >= 0.3 is 0 Å². The van der Waals surface area contributed by atoms with E-state index in [2.05, 4.69) is 60.1 Å². The van der Waals surface area contributed by atoms with Crippen molar-refractivity contribution in [1.29, 1.82) is 0 Å². The second kappa shape index (κ2) is 5.84. The summed E-state index contributed by atoms with van der Waals surface area (Å²) in [6.45, 7) is 4.45. The quantitative estimate of drug-likeness (QED) is 0.694. The lowest BCUT2D eigenvalue weighted by molar-refractivity contribution is 0.619. The molecule has 0 atom stereocenters. The fourth-order valence-corrected chi connectivity index (χ4v) is 2.60. The molecule has 0 aliphatic heterocycles. The molecule has 0 amide bonds. The number of nitrogens with zero attached hydrogens (tertiary/aromatic N) is 2. The van der Waals surface area contributed by atoms with Crippen molar-refractivity contribution in [3.8, 4) is 11.5 Å². The minimum atomic E-state index is 0.641. The van der Waals surface area contributed by atoms with Gasteiger partial charge in [0.25, 0.3) is 0 Å². The molecule has 0 saturated carbocycles. The monoisotopic (exact) mass is 294 g/mol. The van der Waals surface area contributed by atoms with E-state index in [1.165, 1.54) is 11.3 Å². The molecule has 0 spiro atoms. The Morgan fingerprint density at radius 3 is 2.41 bits per heavy atom. The van der Waals surface area contributed by atoms with E-state index < -0.39 is 0 Å². The van der Waals surface area contributed by atoms with Gasteiger partial charge < -0.3 is 9.32 Å². The van der Waals surface area contributed by atoms with Crippen LogP contribution in [0.2, 0.25) is 0 Å². The second-order valence-corrected chi connectivity index (χ2v) is 6.36. The van der Waals surface area contributed by atoms with E-state index in [-0.39, 0.29) is 0 Å². The maximum atomic E-state index is 5.89. The Labute approximate surface area is 131 Å². The van der Waals surface area contributed by atoms with Gasteiger partial charge in [0.15, 0.2) is 5.58 Å². The third-order valence-electron chi connectivity index (χ3n) is 3.73. The lowest BCUT2D eigenvalue weighted by Crippen LogP contribution is -2.07. The second-order valence-electron chi connectivity index (χ2n) is 6.36. The summed E-state index contributed by atoms with van der Waals surface area (Å²) >= 11 is 0. The van der Waals surface area contributed by atoms with Crippen LogP contribution in [-0.2, 0) is 6.42 Å². The van der Waals surface area contributed by atoms with Crippen LogP contribution in [0, 0.1) is 5.92 Å². The number of anilines is 1. The summed E-state index contributed by atoms with van der Waals surface area (Å²) in [6.07, 6.45) is 1.07. The Morgan fingerprint density at radius 1 is 1.05 bits per heavy atom. The van der Waals surface area contributed by atoms with Crippen molar-refractivity contribution in [2.45, 2.75) is 20.3 Å². The van der Waals surface area contributed by atoms with Crippen LogP contribution < -0.4 is 4.90 Å². The Balaban J connectivity index is 1.94. The first-order chi connectivity index (χ1) is 10.5. The van der Waals surface area contributed by atoms with Gasteiger partial charge in [0.1, 0.15) is 5.52 Å². The van der Waals surface area contributed by atoms with Crippen molar-refractivity contribution < 1.29 is 4.42 Å². The summed E-state index contributed by atoms with van der Waals surface area (Å²) in [5.41, 5.74) is 5.26. The molecule has 0 aliphatic rings. The zero-order valence-electron chi connectivity index (χ0n) is 13.6. The highest BCUT2D eigenvalue weighted by molar-refractivity contribution is 5.77. The van der Waals surface area contributed by atoms with Crippen LogP contribution in [0.25, 0.3) is 22.6 Å². The number of aromatic nitrogens is 1. The average molecular weight is 294 g/mol. The predicted octanol–water partition coefficient (Wildman–Crippen LogP) is 4.76. The summed E-state index contributed by atoms with van der Waals surface area (Å²) in [7, 11) is 4.06. The molecule has 1 heterocycles. The van der Waals surface area contributed by atoms with Gasteiger partial charge in [-0.25, -0.2) is 4.98 Å². The van der Waals surface area contributed by atoms with Crippen molar-refractivity contribution in [3.63, 3.8) is 0 Å². The first-order valence-corrected chi connectivity index (χ1v) is 7.70. The molecule has 3 aromatic rings. The Kier molecular flexibility index (Phi) is 3.88. The topological polar surface area (TPSA) is 29.3 Å². The molecule has 1 aromatic heterocycles. The first kappa shape index (κ1) is 14.6. The number of hydrogen-bond acceptors (Lipinski definition) is 3. The number of hydrogen-bond donors (Lipinski definition) is 0. The highest BCUT2D eigenvalue weighted by Gasteiger charge is 2.09. The van der Waals surface area contributed by atoms with E-state index >= 15 is 0 Å². The number of fused-ring (bicyclic) bond motifs is 1. The van der Waals surface area contributed by atoms with E-state index in [0.717, 1.165) is 23.1 Å². The van der Waals surface area contributed by atoms with Crippen LogP contribution in [0.15, 0.2) is 46.9 Å². The summed E-state index contributed by atoms with van der Waals surface area (Å²) in [6, 6.07) is 14.5. The van der Waals surface area contributed by atoms with Crippen LogP contribution in [0.1, 0.15) is 19.4 Å². The number of benzene rings is 2. The maximum absolute atomic E-state index is 5.89. The van der Waals surface area contributed by atoms with E-state index in [1.54, 1.807) is 0 Å². The maximum Gasteiger partial charge on any atom is 0.227 e. The fraction of sp³-hybridized carbons (Fsp3) is 0.316. The molecule has 0 radical (unpaired) electrons. The number of rotatable bonds is 4. The lowest BCUT2D eigenvalue weighted by Gasteiger charge is -2.11. The van der Waals surface area contributed by atoms with Crippen molar-refractivity contribution in [2.75, 3.05) is 19.0 Å². The van der Waals surface area contributed by atoms with Gasteiger partial charge in [-0.3, -0.25) is 0 Å². The third-order valence-corrected chi connectivity index (χ3v) is 3.73. The highest BCUT2D eigenvalue weighted by Crippen LogP contribution is 2.27. The standard InChI is InChI=1S/C19H22N2O/c1-13(2)11-14-5-10-18-17(12-14)20-19(22-18)15-6-8-16(9-7-15)21(3)4/h5-10,12-13H,11H2,1-4H3. The molecular weight excluding hydrogens is 272 g/mol. The molecule has 114 valence electrons. The van der Waals surface area contributed by atoms with Crippen LogP contribution >= 0.6 is 0 Å². The van der Waals surface area contributed by atoms with E-state index in [1.807, 2.05) is 20.2 Å². The van der Waals surface area contributed by atoms with Crippen LogP contribution in [0.4, 0.5) is 5.69 Å². The van der Waals surface area contributed by atoms with Gasteiger partial charge in [0.2, 0.25) is 5.89 Å². The van der Waals surface area contributed by atoms with Crippen LogP contribution in [0.3, 0.4) is 0 Å². The van der Waals surface area contributed by atoms with Gasteiger partial charge in [-0.1, -0.05) is 19.9 Å². The van der Waals surface area contributed by atoms with Gasteiger partial charge in [0.05, 0.1) is 0 Å². The summed E-state index contributed by atoms with van der Waals surface area (Å²) < 4.78 is 5.89. The molecule has 22 heavy (non-hydrogen) atoms. The van der Waals surface area contributed by atoms with Crippen LogP contribution in [0.5, 0.6) is 0 Å². The minimum Gasteiger partial charge on any atom is -0.436 e. The van der Waals surface area contributed by atoms with Crippen molar-refractivity contribution >= 4 is 16.8 Å². The fourth-order valence-electron chi connectivity index (χ4n) is 2.60. The molecule has 3 nitrogen and oxygen atoms in total. The molecule has 0 N–H and O–H groups in total. The van der Waals surface area contributed by atoms with E-state index in [0.29, 0.717) is 11.8 Å². The van der Waals surface area contributed by atoms with Gasteiger partial charge in [-0.05, 0) is 54.3 Å². The zero-order valence-corrected chi connectivity index (χ0v) is 13.6. The molecule has 0 fully saturated rings. The SMILES string of the molecule is CC(C)Cc1ccc2oc(-c3ccc(N(C)C)cc3)nc2c1. The number of oxazole rings is 1. The summed E-state index contributed by atoms with van der Waals surface area (Å²) in [5, 5.41) is 0. The van der Waals surface area contributed by atoms with Gasteiger partial charge in [0, 0.05) is 25.3 Å². The Morgan fingerprint density at radius 2 is 1.77 bits per heavy atom. The van der Waals surface area contributed by atoms with Gasteiger partial charge in [-0.2, -0.15) is 0 Å². The zero-order chi connectivity index (χ0) is 15.7. The Hall–Kier alpha value is -2.29. The third kappa shape index (κ3) is 2.98. The first-order valence-electron chi connectivity index (χ1n) is 7.70. The molecule has 3 rings (SSSR count). The Bertz CT molecular complexity index is 770. The lowest BCUT2D eigenvalue weighted by atomic mass is 10.0. The minimum absolute atomic E-state index is 0.641. The molecule has 0 saturated heterocycles. The van der Waals surface area contributed by atoms with Gasteiger partial charge in [-0.15, -0.1) is 0 Å². The smallest absolute Gasteiger partial charge is 0.227 e. The molecule has 2 aromatic carbocycles. The van der Waals surface area contributed by atoms with Crippen LogP contribution in [-0.4, -0.2) is 19.1 Å². The molecule has 0 bridgehead atoms. The molecule has 0 aliphatic carbocycles. The normalized spacial score (nSPS) is 11.3. The largest absolute Gasteiger partial charge is 0.436 e. The average Bonchev–Trinajstić information content (AvgIpc) is 2.90. The van der Waals surface area contributed by atoms with Crippen molar-refractivity contribution in [3.05, 3.63) is 48.0 Å². The summed E-state index contributed by atoms with van der Waals surface area (Å²) in [5.74, 6) is 1.32. The van der Waals surface area contributed by atoms with E-state index in [4.69, 9.17) is 4.42 Å². The van der Waals surface area contributed by atoms with Crippen molar-refractivity contribution in [1.82, 2.24) is 4.98 Å². The predicted molar refractivity (Wildman–Crippen MR) is 92.3 cm³/mol. The highest BCUT2D eigenvalue weighted by atomic mass is 16.3. The molecule has 3 heteroatoms. The molecule has 0 unspecified atom stereocenters. The van der Waals surface area contributed by atoms with Crippen molar-refractivity contribution in [2.24, 2.45) is 5.92 Å². The van der Waals surface area contributed by atoms with E-state index in [9.17, 15) is 0 Å².